The van der Waals surface area contributed by atoms with Gasteiger partial charge in [-0.1, -0.05) is 34.1 Å². The van der Waals surface area contributed by atoms with Crippen LogP contribution in [-0.2, 0) is 14.3 Å². The van der Waals surface area contributed by atoms with Crippen LogP contribution in [0.25, 0.3) is 0 Å². The Kier molecular flexibility index (Phi) is 10.1. The summed E-state index contributed by atoms with van der Waals surface area (Å²) >= 11 is 0. The third-order valence-electron chi connectivity index (χ3n) is 3.58. The molecule has 0 heterocycles. The van der Waals surface area contributed by atoms with Gasteiger partial charge in [-0.05, 0) is 37.5 Å². The van der Waals surface area contributed by atoms with Crippen LogP contribution >= 0.6 is 0 Å². The molecule has 0 aromatic rings. The van der Waals surface area contributed by atoms with E-state index in [0.717, 1.165) is 19.3 Å². The Bertz CT molecular complexity index is 288. The van der Waals surface area contributed by atoms with Crippen LogP contribution in [0.4, 0.5) is 0 Å². The van der Waals surface area contributed by atoms with Crippen molar-refractivity contribution in [2.75, 3.05) is 0 Å². The highest BCUT2D eigenvalue weighted by atomic mass is 16.5. The first-order valence-corrected chi connectivity index (χ1v) is 7.81. The van der Waals surface area contributed by atoms with Gasteiger partial charge in [0.25, 0.3) is 0 Å². The second kappa shape index (κ2) is 10.7. The van der Waals surface area contributed by atoms with Crippen molar-refractivity contribution >= 4 is 11.9 Å². The van der Waals surface area contributed by atoms with Crippen LogP contribution in [0.1, 0.15) is 72.6 Å². The predicted molar refractivity (Wildman–Crippen MR) is 79.5 cm³/mol. The molecule has 118 valence electrons. The summed E-state index contributed by atoms with van der Waals surface area (Å²) in [6.45, 7) is 8.28. The number of ether oxygens (including phenoxy) is 1. The predicted octanol–water partition coefficient (Wildman–Crippen LogP) is 4.03. The maximum absolute atomic E-state index is 11.3. The number of hydrogen-bond acceptors (Lipinski definition) is 3. The molecule has 1 N–H and O–H groups in total. The summed E-state index contributed by atoms with van der Waals surface area (Å²) in [7, 11) is 0. The van der Waals surface area contributed by atoms with Crippen molar-refractivity contribution < 1.29 is 19.4 Å². The molecule has 4 nitrogen and oxygen atoms in total. The number of carbonyl (C=O) groups excluding carboxylic acids is 1. The van der Waals surface area contributed by atoms with Gasteiger partial charge in [0, 0.05) is 12.8 Å². The second-order valence-electron chi connectivity index (χ2n) is 5.82. The lowest BCUT2D eigenvalue weighted by molar-refractivity contribution is -0.154. The van der Waals surface area contributed by atoms with Crippen LogP contribution < -0.4 is 0 Å². The molecule has 0 spiro atoms. The number of hydrogen-bond donors (Lipinski definition) is 1. The minimum atomic E-state index is -0.711. The van der Waals surface area contributed by atoms with E-state index in [4.69, 9.17) is 9.84 Å². The lowest BCUT2D eigenvalue weighted by Gasteiger charge is -2.32. The van der Waals surface area contributed by atoms with Crippen molar-refractivity contribution in [2.45, 2.75) is 78.7 Å². The number of esters is 1. The van der Waals surface area contributed by atoms with Gasteiger partial charge in [0.2, 0.25) is 0 Å². The molecule has 3 unspecified atom stereocenters. The third-order valence-corrected chi connectivity index (χ3v) is 3.58. The van der Waals surface area contributed by atoms with E-state index in [1.165, 1.54) is 12.8 Å². The summed E-state index contributed by atoms with van der Waals surface area (Å²) in [5, 5.41) is 7.91. The molecule has 0 amide bonds. The normalized spacial score (nSPS) is 25.3. The molecular formula is C16H30O4. The topological polar surface area (TPSA) is 63.6 Å². The van der Waals surface area contributed by atoms with E-state index < -0.39 is 5.97 Å². The number of carboxylic acids is 1. The van der Waals surface area contributed by atoms with Crippen molar-refractivity contribution in [2.24, 2.45) is 11.8 Å². The molecule has 0 bridgehead atoms. The second-order valence-corrected chi connectivity index (χ2v) is 5.82. The summed E-state index contributed by atoms with van der Waals surface area (Å²) in [4.78, 5) is 20.9. The SMILES string of the molecule is CCCC(=O)O.CCCC(=O)OC1CC(C)CCC1C. The molecular weight excluding hydrogens is 256 g/mol. The lowest BCUT2D eigenvalue weighted by atomic mass is 9.82. The molecule has 1 fully saturated rings. The molecule has 1 aliphatic rings. The lowest BCUT2D eigenvalue weighted by Crippen LogP contribution is -2.31. The quantitative estimate of drug-likeness (QED) is 0.775. The Morgan fingerprint density at radius 2 is 1.70 bits per heavy atom. The largest absolute Gasteiger partial charge is 0.481 e. The Hall–Kier alpha value is -1.06. The Morgan fingerprint density at radius 1 is 1.10 bits per heavy atom. The van der Waals surface area contributed by atoms with Crippen LogP contribution in [-0.4, -0.2) is 23.1 Å². The van der Waals surface area contributed by atoms with Gasteiger partial charge in [-0.3, -0.25) is 9.59 Å². The van der Waals surface area contributed by atoms with E-state index in [0.29, 0.717) is 24.7 Å². The zero-order chi connectivity index (χ0) is 15.5. The van der Waals surface area contributed by atoms with Crippen LogP contribution in [0.15, 0.2) is 0 Å². The van der Waals surface area contributed by atoms with Crippen LogP contribution in [0.2, 0.25) is 0 Å². The summed E-state index contributed by atoms with van der Waals surface area (Å²) < 4.78 is 5.48. The first-order valence-electron chi connectivity index (χ1n) is 7.81. The van der Waals surface area contributed by atoms with Crippen molar-refractivity contribution in [3.63, 3.8) is 0 Å². The Morgan fingerprint density at radius 3 is 2.15 bits per heavy atom. The van der Waals surface area contributed by atoms with Crippen LogP contribution in [0.3, 0.4) is 0 Å². The monoisotopic (exact) mass is 286 g/mol. The van der Waals surface area contributed by atoms with Crippen molar-refractivity contribution in [1.82, 2.24) is 0 Å². The van der Waals surface area contributed by atoms with Gasteiger partial charge in [0.1, 0.15) is 6.10 Å². The molecule has 1 aliphatic carbocycles. The van der Waals surface area contributed by atoms with Crippen molar-refractivity contribution in [1.29, 1.82) is 0 Å². The van der Waals surface area contributed by atoms with Gasteiger partial charge in [-0.15, -0.1) is 0 Å². The average Bonchev–Trinajstić information content (AvgIpc) is 2.35. The van der Waals surface area contributed by atoms with E-state index in [1.54, 1.807) is 0 Å². The highest BCUT2D eigenvalue weighted by molar-refractivity contribution is 5.69. The number of aliphatic carboxylic acids is 1. The Balaban J connectivity index is 0.000000511. The molecule has 0 aromatic carbocycles. The molecule has 1 rings (SSSR count). The highest BCUT2D eigenvalue weighted by Crippen LogP contribution is 2.30. The first kappa shape index (κ1) is 18.9. The molecule has 0 saturated heterocycles. The molecule has 3 atom stereocenters. The summed E-state index contributed by atoms with van der Waals surface area (Å²) in [6, 6.07) is 0. The number of rotatable bonds is 5. The van der Waals surface area contributed by atoms with E-state index in [1.807, 2.05) is 13.8 Å². The minimum absolute atomic E-state index is 0.0153. The van der Waals surface area contributed by atoms with Gasteiger partial charge in [0.05, 0.1) is 0 Å². The molecule has 0 radical (unpaired) electrons. The van der Waals surface area contributed by atoms with Crippen LogP contribution in [0.5, 0.6) is 0 Å². The zero-order valence-electron chi connectivity index (χ0n) is 13.4. The maximum Gasteiger partial charge on any atom is 0.306 e. The fraction of sp³-hybridized carbons (Fsp3) is 0.875. The van der Waals surface area contributed by atoms with E-state index in [-0.39, 0.29) is 12.1 Å². The summed E-state index contributed by atoms with van der Waals surface area (Å²) in [5.41, 5.74) is 0. The minimum Gasteiger partial charge on any atom is -0.481 e. The molecule has 4 heteroatoms. The van der Waals surface area contributed by atoms with Gasteiger partial charge >= 0.3 is 11.9 Å². The van der Waals surface area contributed by atoms with Gasteiger partial charge in [-0.2, -0.15) is 0 Å². The standard InChI is InChI=1S/C12H22O2.C4H8O2/c1-4-5-12(13)14-11-8-9(2)6-7-10(11)3;1-2-3-4(5)6/h9-11H,4-8H2,1-3H3;2-3H2,1H3,(H,5,6). The summed E-state index contributed by atoms with van der Waals surface area (Å²) in [5.74, 6) is 0.536. The fourth-order valence-corrected chi connectivity index (χ4v) is 2.29. The maximum atomic E-state index is 11.3. The van der Waals surface area contributed by atoms with E-state index in [9.17, 15) is 9.59 Å². The smallest absolute Gasteiger partial charge is 0.306 e. The average molecular weight is 286 g/mol. The zero-order valence-corrected chi connectivity index (χ0v) is 13.4. The van der Waals surface area contributed by atoms with E-state index in [2.05, 4.69) is 13.8 Å². The van der Waals surface area contributed by atoms with Gasteiger partial charge < -0.3 is 9.84 Å². The molecule has 20 heavy (non-hydrogen) atoms. The fourth-order valence-electron chi connectivity index (χ4n) is 2.29. The van der Waals surface area contributed by atoms with Crippen molar-refractivity contribution in [3.8, 4) is 0 Å². The van der Waals surface area contributed by atoms with Gasteiger partial charge in [-0.25, -0.2) is 0 Å². The van der Waals surface area contributed by atoms with E-state index >= 15 is 0 Å². The first-order chi connectivity index (χ1) is 9.40. The summed E-state index contributed by atoms with van der Waals surface area (Å²) in [6.07, 6.45) is 6.19. The molecule has 0 aliphatic heterocycles. The molecule has 1 saturated carbocycles. The third kappa shape index (κ3) is 8.94. The highest BCUT2D eigenvalue weighted by Gasteiger charge is 2.28. The van der Waals surface area contributed by atoms with Crippen molar-refractivity contribution in [3.05, 3.63) is 0 Å². The number of carbonyl (C=O) groups is 2. The number of carboxylic acid groups (broad SMARTS) is 1. The van der Waals surface area contributed by atoms with Crippen LogP contribution in [0, 0.1) is 11.8 Å². The Labute approximate surface area is 122 Å². The molecule has 0 aromatic heterocycles. The van der Waals surface area contributed by atoms with Gasteiger partial charge in [0.15, 0.2) is 0 Å².